The average molecular weight is 259 g/mol. The molecule has 0 aliphatic heterocycles. The maximum Gasteiger partial charge on any atom is 0.325 e. The molecule has 0 aliphatic carbocycles. The van der Waals surface area contributed by atoms with E-state index >= 15 is 0 Å². The number of halogens is 2. The molecule has 18 heavy (non-hydrogen) atoms. The number of carbonyl (C=O) groups is 1. The maximum absolute atomic E-state index is 13.3. The standard InChI is InChI=1S/C12H15F2NO3/c1-7(16)11(12(17)18-2)15-6-8-4-3-5-9(13)10(8)14/h3-5,7,11,15-16H,6H2,1-2H3/t7-,11+/m1/s1. The fourth-order valence-corrected chi connectivity index (χ4v) is 1.48. The summed E-state index contributed by atoms with van der Waals surface area (Å²) in [5.41, 5.74) is 0.0737. The highest BCUT2D eigenvalue weighted by Crippen LogP contribution is 2.11. The van der Waals surface area contributed by atoms with Crippen molar-refractivity contribution in [2.75, 3.05) is 7.11 Å². The average Bonchev–Trinajstić information content (AvgIpc) is 2.33. The summed E-state index contributed by atoms with van der Waals surface area (Å²) in [6, 6.07) is 2.77. The molecule has 0 saturated carbocycles. The van der Waals surface area contributed by atoms with Crippen molar-refractivity contribution in [1.29, 1.82) is 0 Å². The summed E-state index contributed by atoms with van der Waals surface area (Å²) >= 11 is 0. The Kier molecular flexibility index (Phi) is 5.18. The van der Waals surface area contributed by atoms with E-state index in [1.807, 2.05) is 0 Å². The van der Waals surface area contributed by atoms with E-state index in [-0.39, 0.29) is 12.1 Å². The number of methoxy groups -OCH3 is 1. The van der Waals surface area contributed by atoms with Crippen molar-refractivity contribution in [3.8, 4) is 0 Å². The molecule has 100 valence electrons. The normalized spacial score (nSPS) is 14.1. The molecule has 6 heteroatoms. The van der Waals surface area contributed by atoms with Gasteiger partial charge in [-0.25, -0.2) is 8.78 Å². The molecule has 2 N–H and O–H groups in total. The van der Waals surface area contributed by atoms with Crippen molar-refractivity contribution >= 4 is 5.97 Å². The molecule has 1 rings (SSSR count). The second kappa shape index (κ2) is 6.42. The van der Waals surface area contributed by atoms with Crippen molar-refractivity contribution in [1.82, 2.24) is 5.32 Å². The molecule has 0 heterocycles. The Labute approximate surface area is 104 Å². The van der Waals surface area contributed by atoms with Gasteiger partial charge in [-0.2, -0.15) is 0 Å². The van der Waals surface area contributed by atoms with Crippen LogP contribution in [0.15, 0.2) is 18.2 Å². The molecule has 0 radical (unpaired) electrons. The van der Waals surface area contributed by atoms with Gasteiger partial charge in [-0.05, 0) is 13.0 Å². The van der Waals surface area contributed by atoms with Crippen molar-refractivity contribution in [2.24, 2.45) is 0 Å². The molecule has 0 aromatic heterocycles. The molecule has 4 nitrogen and oxygen atoms in total. The van der Waals surface area contributed by atoms with Gasteiger partial charge in [0.2, 0.25) is 0 Å². The van der Waals surface area contributed by atoms with Gasteiger partial charge in [-0.15, -0.1) is 0 Å². The number of rotatable bonds is 5. The number of ether oxygens (including phenoxy) is 1. The third-order valence-corrected chi connectivity index (χ3v) is 2.48. The molecule has 0 spiro atoms. The van der Waals surface area contributed by atoms with Crippen molar-refractivity contribution in [3.63, 3.8) is 0 Å². The fraction of sp³-hybridized carbons (Fsp3) is 0.417. The molecule has 0 fully saturated rings. The zero-order valence-electron chi connectivity index (χ0n) is 10.1. The van der Waals surface area contributed by atoms with Gasteiger partial charge in [0.05, 0.1) is 13.2 Å². The van der Waals surface area contributed by atoms with Crippen LogP contribution in [-0.4, -0.2) is 30.3 Å². The lowest BCUT2D eigenvalue weighted by Gasteiger charge is -2.19. The summed E-state index contributed by atoms with van der Waals surface area (Å²) in [6.45, 7) is 1.31. The smallest absolute Gasteiger partial charge is 0.325 e. The molecule has 2 atom stereocenters. The zero-order chi connectivity index (χ0) is 13.7. The summed E-state index contributed by atoms with van der Waals surface area (Å²) in [4.78, 5) is 11.3. The highest BCUT2D eigenvalue weighted by molar-refractivity contribution is 5.76. The summed E-state index contributed by atoms with van der Waals surface area (Å²) in [5, 5.41) is 12.0. The molecule has 0 unspecified atom stereocenters. The second-order valence-electron chi connectivity index (χ2n) is 3.84. The van der Waals surface area contributed by atoms with Gasteiger partial charge in [0.25, 0.3) is 0 Å². The van der Waals surface area contributed by atoms with Gasteiger partial charge in [0, 0.05) is 12.1 Å². The number of benzene rings is 1. The number of nitrogens with one attached hydrogen (secondary N) is 1. The lowest BCUT2D eigenvalue weighted by molar-refractivity contribution is -0.145. The molecule has 1 aromatic carbocycles. The Morgan fingerprint density at radius 3 is 2.72 bits per heavy atom. The molecule has 0 saturated heterocycles. The molecular weight excluding hydrogens is 244 g/mol. The van der Waals surface area contributed by atoms with Crippen LogP contribution in [0.4, 0.5) is 8.78 Å². The number of hydrogen-bond acceptors (Lipinski definition) is 4. The van der Waals surface area contributed by atoms with Gasteiger partial charge >= 0.3 is 5.97 Å². The van der Waals surface area contributed by atoms with Crippen LogP contribution in [0.25, 0.3) is 0 Å². The van der Waals surface area contributed by atoms with Gasteiger partial charge in [0.15, 0.2) is 11.6 Å². The predicted molar refractivity (Wildman–Crippen MR) is 60.7 cm³/mol. The Morgan fingerprint density at radius 2 is 2.17 bits per heavy atom. The molecule has 1 aromatic rings. The first-order valence-corrected chi connectivity index (χ1v) is 5.39. The van der Waals surface area contributed by atoms with Crippen LogP contribution in [0.2, 0.25) is 0 Å². The molecule has 0 amide bonds. The lowest BCUT2D eigenvalue weighted by atomic mass is 10.1. The summed E-state index contributed by atoms with van der Waals surface area (Å²) < 4.78 is 30.8. The minimum absolute atomic E-state index is 0.0737. The van der Waals surface area contributed by atoms with E-state index in [4.69, 9.17) is 0 Å². The third-order valence-electron chi connectivity index (χ3n) is 2.48. The van der Waals surface area contributed by atoms with Crippen molar-refractivity contribution < 1.29 is 23.4 Å². The van der Waals surface area contributed by atoms with E-state index in [0.717, 1.165) is 6.07 Å². The van der Waals surface area contributed by atoms with E-state index in [9.17, 15) is 18.7 Å². The Bertz CT molecular complexity index is 424. The number of aliphatic hydroxyl groups is 1. The van der Waals surface area contributed by atoms with E-state index in [2.05, 4.69) is 10.1 Å². The van der Waals surface area contributed by atoms with Crippen molar-refractivity contribution in [3.05, 3.63) is 35.4 Å². The maximum atomic E-state index is 13.3. The Balaban J connectivity index is 2.73. The van der Waals surface area contributed by atoms with Crippen molar-refractivity contribution in [2.45, 2.75) is 25.6 Å². The monoisotopic (exact) mass is 259 g/mol. The Morgan fingerprint density at radius 1 is 1.50 bits per heavy atom. The van der Waals surface area contributed by atoms with Crippen LogP contribution in [0.5, 0.6) is 0 Å². The van der Waals surface area contributed by atoms with Gasteiger partial charge in [-0.3, -0.25) is 10.1 Å². The zero-order valence-corrected chi connectivity index (χ0v) is 10.1. The summed E-state index contributed by atoms with van der Waals surface area (Å²) in [6.07, 6.45) is -1.01. The molecule has 0 aliphatic rings. The van der Waals surface area contributed by atoms with E-state index in [1.165, 1.54) is 26.2 Å². The van der Waals surface area contributed by atoms with Gasteiger partial charge < -0.3 is 9.84 Å². The second-order valence-corrected chi connectivity index (χ2v) is 3.84. The molecule has 0 bridgehead atoms. The SMILES string of the molecule is COC(=O)[C@@H](NCc1cccc(F)c1F)[C@@H](C)O. The first kappa shape index (κ1) is 14.5. The van der Waals surface area contributed by atoms with E-state index in [0.29, 0.717) is 0 Å². The van der Waals surface area contributed by atoms with E-state index < -0.39 is 29.7 Å². The number of carbonyl (C=O) groups excluding carboxylic acids is 1. The van der Waals surface area contributed by atoms with Gasteiger partial charge in [0.1, 0.15) is 6.04 Å². The predicted octanol–water partition coefficient (Wildman–Crippen LogP) is 0.977. The van der Waals surface area contributed by atoms with E-state index in [1.54, 1.807) is 0 Å². The summed E-state index contributed by atoms with van der Waals surface area (Å²) in [5.74, 6) is -2.60. The first-order chi connectivity index (χ1) is 8.47. The van der Waals surface area contributed by atoms with Crippen LogP contribution in [0.3, 0.4) is 0 Å². The minimum atomic E-state index is -1.01. The third kappa shape index (κ3) is 3.48. The van der Waals surface area contributed by atoms with Crippen LogP contribution < -0.4 is 5.32 Å². The van der Waals surface area contributed by atoms with Crippen LogP contribution in [0, 0.1) is 11.6 Å². The quantitative estimate of drug-likeness (QED) is 0.774. The summed E-state index contributed by atoms with van der Waals surface area (Å²) in [7, 11) is 1.18. The van der Waals surface area contributed by atoms with Gasteiger partial charge in [-0.1, -0.05) is 12.1 Å². The number of esters is 1. The lowest BCUT2D eigenvalue weighted by Crippen LogP contribution is -2.45. The Hall–Kier alpha value is -1.53. The number of hydrogen-bond donors (Lipinski definition) is 2. The highest BCUT2D eigenvalue weighted by atomic mass is 19.2. The first-order valence-electron chi connectivity index (χ1n) is 5.39. The highest BCUT2D eigenvalue weighted by Gasteiger charge is 2.24. The van der Waals surface area contributed by atoms with Crippen LogP contribution in [-0.2, 0) is 16.1 Å². The minimum Gasteiger partial charge on any atom is -0.468 e. The fourth-order valence-electron chi connectivity index (χ4n) is 1.48. The largest absolute Gasteiger partial charge is 0.468 e. The molecular formula is C12H15F2NO3. The number of aliphatic hydroxyl groups excluding tert-OH is 1. The van der Waals surface area contributed by atoms with Crippen LogP contribution >= 0.6 is 0 Å². The topological polar surface area (TPSA) is 58.6 Å². The van der Waals surface area contributed by atoms with Crippen LogP contribution in [0.1, 0.15) is 12.5 Å².